The lowest BCUT2D eigenvalue weighted by molar-refractivity contribution is -0.359. The van der Waals surface area contributed by atoms with Crippen LogP contribution in [0.1, 0.15) is 39.3 Å². The maximum Gasteiger partial charge on any atom is 0.522 e. The smallest absolute Gasteiger partial charge is 0.374 e. The van der Waals surface area contributed by atoms with Crippen molar-refractivity contribution < 1.29 is 27.4 Å². The van der Waals surface area contributed by atoms with Gasteiger partial charge < -0.3 is 15.0 Å². The molecular weight excluding hydrogens is 377 g/mol. The quantitative estimate of drug-likeness (QED) is 0.817. The molecule has 4 fully saturated rings. The molecule has 1 aliphatic carbocycles. The monoisotopic (exact) mass is 400 g/mol. The third-order valence-electron chi connectivity index (χ3n) is 6.04. The molecule has 2 bridgehead atoms. The minimum atomic E-state index is -4.70. The topological polar surface area (TPSA) is 76.6 Å². The van der Waals surface area contributed by atoms with Gasteiger partial charge in [0.2, 0.25) is 5.91 Å². The van der Waals surface area contributed by atoms with Gasteiger partial charge in [-0.25, -0.2) is 9.97 Å². The molecule has 154 valence electrons. The predicted octanol–water partition coefficient (Wildman–Crippen LogP) is 2.23. The summed E-state index contributed by atoms with van der Waals surface area (Å²) < 4.78 is 46.8. The molecule has 1 aromatic heterocycles. The number of rotatable bonds is 5. The van der Waals surface area contributed by atoms with Crippen LogP contribution in [0, 0.1) is 0 Å². The number of amides is 1. The van der Waals surface area contributed by atoms with Crippen molar-refractivity contribution >= 4 is 11.7 Å². The molecule has 4 heterocycles. The Balaban J connectivity index is 1.36. The number of halogens is 3. The second kappa shape index (κ2) is 6.28. The molecule has 0 radical (unpaired) electrons. The zero-order valence-corrected chi connectivity index (χ0v) is 15.9. The number of likely N-dealkylation sites (tertiary alicyclic amines) is 1. The van der Waals surface area contributed by atoms with Gasteiger partial charge in [0.05, 0.1) is 23.9 Å². The van der Waals surface area contributed by atoms with E-state index in [9.17, 15) is 18.0 Å². The van der Waals surface area contributed by atoms with E-state index in [0.717, 1.165) is 18.5 Å². The van der Waals surface area contributed by atoms with Crippen LogP contribution >= 0.6 is 0 Å². The van der Waals surface area contributed by atoms with Crippen molar-refractivity contribution in [2.45, 2.75) is 69.2 Å². The fraction of sp³-hybridized carbons (Fsp3) is 0.722. The minimum Gasteiger partial charge on any atom is -0.374 e. The van der Waals surface area contributed by atoms with Crippen molar-refractivity contribution in [3.05, 3.63) is 18.1 Å². The number of ether oxygens (including phenoxy) is 2. The van der Waals surface area contributed by atoms with E-state index >= 15 is 0 Å². The van der Waals surface area contributed by atoms with Crippen molar-refractivity contribution in [2.75, 3.05) is 18.5 Å². The van der Waals surface area contributed by atoms with Crippen molar-refractivity contribution in [3.8, 4) is 0 Å². The number of nitrogens with one attached hydrogen (secondary N) is 1. The summed E-state index contributed by atoms with van der Waals surface area (Å²) >= 11 is 0. The standard InChI is InChI=1S/C18H23F3N4O3/c1-10(15(26)25-5-12(11(25)2)28-18(19,20)21)24-14-4-13(22-9-23-14)17-6-16(3,7-17)27-8-17/h4,9-12H,5-8H2,1-3H3,(H,22,23,24)/t10-,11+,12+,16?,17?/m1/s1. The summed E-state index contributed by atoms with van der Waals surface area (Å²) in [4.78, 5) is 22.5. The summed E-state index contributed by atoms with van der Waals surface area (Å²) in [5.74, 6) is 0.213. The largest absolute Gasteiger partial charge is 0.522 e. The van der Waals surface area contributed by atoms with Crippen LogP contribution in [-0.2, 0) is 19.7 Å². The van der Waals surface area contributed by atoms with E-state index < -0.39 is 24.6 Å². The average molecular weight is 400 g/mol. The first-order chi connectivity index (χ1) is 13.0. The van der Waals surface area contributed by atoms with Crippen LogP contribution in [-0.4, -0.2) is 64.1 Å². The third-order valence-corrected chi connectivity index (χ3v) is 6.04. The third kappa shape index (κ3) is 3.32. The van der Waals surface area contributed by atoms with E-state index in [-0.39, 0.29) is 23.5 Å². The number of alkyl halides is 3. The molecule has 0 spiro atoms. The van der Waals surface area contributed by atoms with Gasteiger partial charge in [-0.3, -0.25) is 9.53 Å². The molecule has 7 nitrogen and oxygen atoms in total. The average Bonchev–Trinajstić information content (AvgIpc) is 3.11. The van der Waals surface area contributed by atoms with Crippen LogP contribution in [0.5, 0.6) is 0 Å². The minimum absolute atomic E-state index is 0.0650. The molecule has 4 aliphatic rings. The van der Waals surface area contributed by atoms with Crippen molar-refractivity contribution in [1.82, 2.24) is 14.9 Å². The van der Waals surface area contributed by atoms with E-state index in [1.54, 1.807) is 13.8 Å². The van der Waals surface area contributed by atoms with Crippen molar-refractivity contribution in [3.63, 3.8) is 0 Å². The number of carbonyl (C=O) groups is 1. The van der Waals surface area contributed by atoms with E-state index in [1.165, 1.54) is 11.2 Å². The summed E-state index contributed by atoms with van der Waals surface area (Å²) in [6.45, 7) is 5.83. The van der Waals surface area contributed by atoms with E-state index in [2.05, 4.69) is 26.9 Å². The second-order valence-corrected chi connectivity index (χ2v) is 8.36. The molecular formula is C18H23F3N4O3. The molecule has 28 heavy (non-hydrogen) atoms. The maximum atomic E-state index is 12.6. The fourth-order valence-corrected chi connectivity index (χ4v) is 4.58. The lowest BCUT2D eigenvalue weighted by Crippen LogP contribution is -2.64. The van der Waals surface area contributed by atoms with Gasteiger partial charge in [0.1, 0.15) is 24.3 Å². The molecule has 0 unspecified atom stereocenters. The van der Waals surface area contributed by atoms with Gasteiger partial charge in [-0.1, -0.05) is 0 Å². The van der Waals surface area contributed by atoms with Crippen LogP contribution in [0.4, 0.5) is 19.0 Å². The number of carbonyl (C=O) groups excluding carboxylic acids is 1. The Bertz CT molecular complexity index is 782. The van der Waals surface area contributed by atoms with E-state index in [0.29, 0.717) is 12.4 Å². The number of hydrogen-bond donors (Lipinski definition) is 1. The highest BCUT2D eigenvalue weighted by molar-refractivity contribution is 5.85. The Hall–Kier alpha value is -1.94. The summed E-state index contributed by atoms with van der Waals surface area (Å²) in [7, 11) is 0. The lowest BCUT2D eigenvalue weighted by atomic mass is 9.61. The highest BCUT2D eigenvalue weighted by atomic mass is 19.4. The Morgan fingerprint density at radius 2 is 2.14 bits per heavy atom. The number of anilines is 1. The molecule has 3 aliphatic heterocycles. The number of aromatic nitrogens is 2. The number of fused-ring (bicyclic) bond motifs is 1. The second-order valence-electron chi connectivity index (χ2n) is 8.36. The Labute approximate surface area is 160 Å². The highest BCUT2D eigenvalue weighted by Gasteiger charge is 2.61. The summed E-state index contributed by atoms with van der Waals surface area (Å²) in [5.41, 5.74) is 0.732. The summed E-state index contributed by atoms with van der Waals surface area (Å²) in [6, 6.07) is 0.551. The molecule has 10 heteroatoms. The van der Waals surface area contributed by atoms with Gasteiger partial charge in [-0.15, -0.1) is 13.2 Å². The maximum absolute atomic E-state index is 12.6. The summed E-state index contributed by atoms with van der Waals surface area (Å²) in [6.07, 6.45) is -2.45. The predicted molar refractivity (Wildman–Crippen MR) is 92.5 cm³/mol. The normalized spacial score (nSPS) is 35.1. The molecule has 1 aromatic rings. The number of hydrogen-bond acceptors (Lipinski definition) is 6. The van der Waals surface area contributed by atoms with Gasteiger partial charge in [0.25, 0.3) is 0 Å². The van der Waals surface area contributed by atoms with Crippen LogP contribution in [0.2, 0.25) is 0 Å². The highest BCUT2D eigenvalue weighted by Crippen LogP contribution is 2.58. The zero-order chi connectivity index (χ0) is 20.3. The Morgan fingerprint density at radius 3 is 2.71 bits per heavy atom. The first-order valence-corrected chi connectivity index (χ1v) is 9.28. The van der Waals surface area contributed by atoms with Gasteiger partial charge in [-0.05, 0) is 33.6 Å². The molecule has 1 saturated carbocycles. The van der Waals surface area contributed by atoms with Crippen LogP contribution in [0.25, 0.3) is 0 Å². The van der Waals surface area contributed by atoms with E-state index in [1.807, 2.05) is 6.07 Å². The van der Waals surface area contributed by atoms with Gasteiger partial charge in [0.15, 0.2) is 0 Å². The van der Waals surface area contributed by atoms with Crippen molar-refractivity contribution in [2.24, 2.45) is 0 Å². The van der Waals surface area contributed by atoms with Crippen LogP contribution < -0.4 is 5.32 Å². The van der Waals surface area contributed by atoms with E-state index in [4.69, 9.17) is 4.74 Å². The molecule has 1 amide bonds. The van der Waals surface area contributed by atoms with Crippen LogP contribution in [0.3, 0.4) is 0 Å². The van der Waals surface area contributed by atoms with Gasteiger partial charge >= 0.3 is 6.36 Å². The van der Waals surface area contributed by atoms with Crippen molar-refractivity contribution in [1.29, 1.82) is 0 Å². The molecule has 3 atom stereocenters. The SMILES string of the molecule is C[C@@H](Nc1cc(C23COC(C)(C2)C3)ncn1)C(=O)N1C[C@H](OC(F)(F)F)[C@@H]1C. The summed E-state index contributed by atoms with van der Waals surface area (Å²) in [5, 5.41) is 3.04. The Kier molecular flexibility index (Phi) is 4.35. The fourth-order valence-electron chi connectivity index (χ4n) is 4.58. The molecule has 1 N–H and O–H groups in total. The Morgan fingerprint density at radius 1 is 1.43 bits per heavy atom. The molecule has 3 saturated heterocycles. The first kappa shape index (κ1) is 19.4. The molecule has 5 rings (SSSR count). The van der Waals surface area contributed by atoms with Gasteiger partial charge in [-0.2, -0.15) is 0 Å². The zero-order valence-electron chi connectivity index (χ0n) is 15.9. The van der Waals surface area contributed by atoms with Gasteiger partial charge in [0, 0.05) is 18.0 Å². The first-order valence-electron chi connectivity index (χ1n) is 9.28. The van der Waals surface area contributed by atoms with Crippen LogP contribution in [0.15, 0.2) is 12.4 Å². The lowest BCUT2D eigenvalue weighted by Gasteiger charge is -2.46. The molecule has 0 aromatic carbocycles. The number of nitrogens with zero attached hydrogens (tertiary/aromatic N) is 3.